The van der Waals surface area contributed by atoms with Gasteiger partial charge >= 0.3 is 58.7 Å². The molecule has 1 heterocycles. The van der Waals surface area contributed by atoms with Crippen LogP contribution in [-0.4, -0.2) is 42.3 Å². The van der Waals surface area contributed by atoms with Crippen molar-refractivity contribution in [2.24, 2.45) is 0 Å². The van der Waals surface area contributed by atoms with Crippen LogP contribution in [-0.2, 0) is 0 Å². The third-order valence-electron chi connectivity index (χ3n) is 0.552. The molecule has 4 radical (unpaired) electrons. The van der Waals surface area contributed by atoms with E-state index in [2.05, 4.69) is 16.4 Å². The Morgan fingerprint density at radius 2 is 1.00 bits per heavy atom. The van der Waals surface area contributed by atoms with Gasteiger partial charge in [-0.2, -0.15) is 0 Å². The molecular formula is C4H4Sn2. The van der Waals surface area contributed by atoms with Crippen molar-refractivity contribution < 1.29 is 0 Å². The summed E-state index contributed by atoms with van der Waals surface area (Å²) in [4.78, 5) is 0. The van der Waals surface area contributed by atoms with Crippen LogP contribution >= 0.6 is 0 Å². The second-order valence-electron chi connectivity index (χ2n) is 1.00. The Bertz CT molecular complexity index is 63.5. The van der Waals surface area contributed by atoms with Crippen molar-refractivity contribution in [2.75, 3.05) is 0 Å². The Morgan fingerprint density at radius 1 is 0.667 bits per heavy atom. The quantitative estimate of drug-likeness (QED) is 0.565. The van der Waals surface area contributed by atoms with Gasteiger partial charge in [0.25, 0.3) is 0 Å². The van der Waals surface area contributed by atoms with E-state index >= 15 is 0 Å². The van der Waals surface area contributed by atoms with Crippen molar-refractivity contribution >= 4 is 42.3 Å². The van der Waals surface area contributed by atoms with E-state index in [1.54, 1.807) is 0 Å². The Hall–Kier alpha value is 1.08. The summed E-state index contributed by atoms with van der Waals surface area (Å²) in [7, 11) is 0. The Labute approximate surface area is 58.1 Å². The van der Waals surface area contributed by atoms with Gasteiger partial charge in [0, 0.05) is 0 Å². The Morgan fingerprint density at radius 3 is 1.17 bits per heavy atom. The molecule has 0 aliphatic carbocycles. The molecule has 6 heavy (non-hydrogen) atoms. The predicted octanol–water partition coefficient (Wildman–Crippen LogP) is 0.351. The molecule has 0 unspecified atom stereocenters. The number of hydrogen-bond acceptors (Lipinski definition) is 0. The molecule has 0 aromatic rings. The Kier molecular flexibility index (Phi) is 2.72. The average Bonchev–Trinajstić information content (AvgIpc) is 1.72. The standard InChI is InChI=1S/2C2H2.2Sn/c2*1-2;;/h2*1-2H;;. The zero-order valence-electron chi connectivity index (χ0n) is 3.31. The van der Waals surface area contributed by atoms with Gasteiger partial charge in [0.2, 0.25) is 0 Å². The van der Waals surface area contributed by atoms with Crippen LogP contribution < -0.4 is 0 Å². The molecule has 0 saturated carbocycles. The van der Waals surface area contributed by atoms with E-state index in [4.69, 9.17) is 0 Å². The molecule has 0 nitrogen and oxygen atoms in total. The summed E-state index contributed by atoms with van der Waals surface area (Å²) in [6, 6.07) is 0. The normalized spacial score (nSPS) is 18.7. The molecule has 0 fully saturated rings. The van der Waals surface area contributed by atoms with Gasteiger partial charge < -0.3 is 0 Å². The van der Waals surface area contributed by atoms with E-state index in [0.29, 0.717) is 0 Å². The molecular weight excluding hydrogens is 285 g/mol. The molecule has 0 aromatic heterocycles. The fourth-order valence-corrected chi connectivity index (χ4v) is 9.41. The van der Waals surface area contributed by atoms with Crippen molar-refractivity contribution in [1.29, 1.82) is 0 Å². The van der Waals surface area contributed by atoms with Gasteiger partial charge in [-0.25, -0.2) is 0 Å². The van der Waals surface area contributed by atoms with Crippen molar-refractivity contribution in [2.45, 2.75) is 0 Å². The SMILES string of the molecule is [CH]1=[CH][Sn][CH]=[CH][Sn]1. The monoisotopic (exact) mass is 292 g/mol. The van der Waals surface area contributed by atoms with Gasteiger partial charge in [-0.05, 0) is 0 Å². The summed E-state index contributed by atoms with van der Waals surface area (Å²) in [6.07, 6.45) is 0. The predicted molar refractivity (Wildman–Crippen MR) is 29.8 cm³/mol. The first-order chi connectivity index (χ1) is 3.00. The molecule has 0 bridgehead atoms. The molecule has 2 heteroatoms. The summed E-state index contributed by atoms with van der Waals surface area (Å²) < 4.78 is 9.70. The van der Waals surface area contributed by atoms with E-state index in [-0.39, 0.29) is 42.3 Å². The van der Waals surface area contributed by atoms with Crippen LogP contribution in [0, 0.1) is 0 Å². The maximum atomic E-state index is 2.43. The van der Waals surface area contributed by atoms with Crippen LogP contribution in [0.2, 0.25) is 0 Å². The van der Waals surface area contributed by atoms with Gasteiger partial charge in [-0.3, -0.25) is 0 Å². The third kappa shape index (κ3) is 1.69. The van der Waals surface area contributed by atoms with E-state index in [9.17, 15) is 0 Å². The van der Waals surface area contributed by atoms with E-state index in [1.807, 2.05) is 0 Å². The maximum absolute atomic E-state index is 2.43. The van der Waals surface area contributed by atoms with Crippen LogP contribution in [0.3, 0.4) is 0 Å². The van der Waals surface area contributed by atoms with E-state index in [1.165, 1.54) is 0 Å². The molecule has 0 saturated heterocycles. The third-order valence-corrected chi connectivity index (χ3v) is 10.1. The van der Waals surface area contributed by atoms with E-state index < -0.39 is 0 Å². The molecule has 1 aliphatic rings. The van der Waals surface area contributed by atoms with Crippen molar-refractivity contribution in [3.63, 3.8) is 0 Å². The second-order valence-corrected chi connectivity index (χ2v) is 6.71. The summed E-state index contributed by atoms with van der Waals surface area (Å²) in [5.74, 6) is 0. The van der Waals surface area contributed by atoms with Crippen LogP contribution in [0.25, 0.3) is 0 Å². The fraction of sp³-hybridized carbons (Fsp3) is 0. The first-order valence-corrected chi connectivity index (χ1v) is 8.41. The van der Waals surface area contributed by atoms with E-state index in [0.717, 1.165) is 0 Å². The van der Waals surface area contributed by atoms with Crippen molar-refractivity contribution in [3.8, 4) is 0 Å². The van der Waals surface area contributed by atoms with Gasteiger partial charge in [-0.1, -0.05) is 0 Å². The van der Waals surface area contributed by atoms with Crippen LogP contribution in [0.4, 0.5) is 0 Å². The van der Waals surface area contributed by atoms with Crippen LogP contribution in [0.1, 0.15) is 0 Å². The van der Waals surface area contributed by atoms with Gasteiger partial charge in [0.05, 0.1) is 0 Å². The van der Waals surface area contributed by atoms with Gasteiger partial charge in [0.15, 0.2) is 0 Å². The molecule has 0 aromatic carbocycles. The summed E-state index contributed by atoms with van der Waals surface area (Å²) >= 11 is -0.0644. The van der Waals surface area contributed by atoms with Crippen LogP contribution in [0.15, 0.2) is 16.4 Å². The second kappa shape index (κ2) is 3.13. The first kappa shape index (κ1) is 5.22. The molecule has 0 N–H and O–H groups in total. The summed E-state index contributed by atoms with van der Waals surface area (Å²) in [5, 5.41) is 0. The molecule has 0 amide bonds. The fourth-order valence-electron chi connectivity index (χ4n) is 0.304. The first-order valence-electron chi connectivity index (χ1n) is 1.82. The van der Waals surface area contributed by atoms with Crippen molar-refractivity contribution in [3.05, 3.63) is 16.4 Å². The molecule has 28 valence electrons. The molecule has 0 atom stereocenters. The van der Waals surface area contributed by atoms with Crippen molar-refractivity contribution in [1.82, 2.24) is 0 Å². The molecule has 1 aliphatic heterocycles. The minimum atomic E-state index is -0.0322. The van der Waals surface area contributed by atoms with Crippen LogP contribution in [0.5, 0.6) is 0 Å². The zero-order chi connectivity index (χ0) is 4.24. The average molecular weight is 289 g/mol. The van der Waals surface area contributed by atoms with Gasteiger partial charge in [0.1, 0.15) is 0 Å². The minimum absolute atomic E-state index is 0.0322. The molecule has 1 rings (SSSR count). The Balaban J connectivity index is 2.40. The molecule has 0 spiro atoms. The number of hydrogen-bond donors (Lipinski definition) is 0. The van der Waals surface area contributed by atoms with Gasteiger partial charge in [-0.15, -0.1) is 0 Å². The summed E-state index contributed by atoms with van der Waals surface area (Å²) in [6.45, 7) is 0. The topological polar surface area (TPSA) is 0 Å². The summed E-state index contributed by atoms with van der Waals surface area (Å²) in [5.41, 5.74) is 0. The number of rotatable bonds is 0. The zero-order valence-corrected chi connectivity index (χ0v) is 9.02.